The van der Waals surface area contributed by atoms with E-state index in [9.17, 15) is 4.79 Å². The summed E-state index contributed by atoms with van der Waals surface area (Å²) in [6.07, 6.45) is 0.948. The zero-order chi connectivity index (χ0) is 20.7. The van der Waals surface area contributed by atoms with Crippen LogP contribution in [0.5, 0.6) is 11.5 Å². The van der Waals surface area contributed by atoms with Gasteiger partial charge in [0, 0.05) is 11.0 Å². The molecule has 150 valence electrons. The van der Waals surface area contributed by atoms with Crippen LogP contribution in [0.25, 0.3) is 0 Å². The van der Waals surface area contributed by atoms with Gasteiger partial charge < -0.3 is 9.47 Å². The number of benzene rings is 3. The lowest BCUT2D eigenvalue weighted by molar-refractivity contribution is 0.0747. The van der Waals surface area contributed by atoms with E-state index in [-0.39, 0.29) is 11.2 Å². The van der Waals surface area contributed by atoms with Gasteiger partial charge in [0.1, 0.15) is 11.5 Å². The molecule has 0 spiro atoms. The molecule has 0 aliphatic rings. The summed E-state index contributed by atoms with van der Waals surface area (Å²) in [6.45, 7) is 7.08. The standard InChI is InChI=1S/C26H28O3/c1-4-26(3,23-15-13-22(14-16-23)20(2)27)19-28-18-21-9-8-12-25(17-21)29-24-10-6-5-7-11-24/h5-17H,4,18-19H2,1-3H3. The minimum Gasteiger partial charge on any atom is -0.457 e. The van der Waals surface area contributed by atoms with E-state index < -0.39 is 0 Å². The number of Topliss-reactive ketones (excluding diaryl/α,β-unsaturated/α-hetero) is 1. The predicted molar refractivity (Wildman–Crippen MR) is 117 cm³/mol. The molecule has 0 heterocycles. The van der Waals surface area contributed by atoms with Crippen molar-refractivity contribution in [1.82, 2.24) is 0 Å². The largest absolute Gasteiger partial charge is 0.457 e. The number of hydrogen-bond donors (Lipinski definition) is 0. The van der Waals surface area contributed by atoms with Crippen LogP contribution in [0.1, 0.15) is 48.7 Å². The van der Waals surface area contributed by atoms with Crippen LogP contribution in [0.2, 0.25) is 0 Å². The molecule has 0 fully saturated rings. The molecule has 0 saturated heterocycles. The highest BCUT2D eigenvalue weighted by molar-refractivity contribution is 5.94. The van der Waals surface area contributed by atoms with Gasteiger partial charge >= 0.3 is 0 Å². The Kier molecular flexibility index (Phi) is 6.84. The number of para-hydroxylation sites is 1. The zero-order valence-corrected chi connectivity index (χ0v) is 17.4. The highest BCUT2D eigenvalue weighted by Gasteiger charge is 2.25. The van der Waals surface area contributed by atoms with Crippen LogP contribution >= 0.6 is 0 Å². The summed E-state index contributed by atoms with van der Waals surface area (Å²) in [7, 11) is 0. The van der Waals surface area contributed by atoms with Gasteiger partial charge in [0.25, 0.3) is 0 Å². The topological polar surface area (TPSA) is 35.5 Å². The normalized spacial score (nSPS) is 12.9. The predicted octanol–water partition coefficient (Wildman–Crippen LogP) is 6.57. The third kappa shape index (κ3) is 5.55. The van der Waals surface area contributed by atoms with Crippen LogP contribution < -0.4 is 4.74 Å². The maximum absolute atomic E-state index is 11.5. The molecule has 0 saturated carbocycles. The summed E-state index contributed by atoms with van der Waals surface area (Å²) in [5, 5.41) is 0. The Morgan fingerprint density at radius 2 is 1.59 bits per heavy atom. The molecule has 3 nitrogen and oxygen atoms in total. The van der Waals surface area contributed by atoms with Crippen LogP contribution in [0.4, 0.5) is 0 Å². The second-order valence-corrected chi connectivity index (χ2v) is 7.60. The highest BCUT2D eigenvalue weighted by Crippen LogP contribution is 2.29. The molecule has 0 aliphatic carbocycles. The molecule has 3 aromatic carbocycles. The zero-order valence-electron chi connectivity index (χ0n) is 17.4. The second-order valence-electron chi connectivity index (χ2n) is 7.60. The third-order valence-electron chi connectivity index (χ3n) is 5.34. The molecule has 1 atom stereocenters. The molecule has 29 heavy (non-hydrogen) atoms. The van der Waals surface area contributed by atoms with Crippen molar-refractivity contribution < 1.29 is 14.3 Å². The molecule has 3 rings (SSSR count). The molecule has 0 bridgehead atoms. The van der Waals surface area contributed by atoms with Gasteiger partial charge in [0.15, 0.2) is 5.78 Å². The second kappa shape index (κ2) is 9.53. The average molecular weight is 389 g/mol. The van der Waals surface area contributed by atoms with Crippen molar-refractivity contribution in [2.24, 2.45) is 0 Å². The van der Waals surface area contributed by atoms with Crippen molar-refractivity contribution in [3.63, 3.8) is 0 Å². The van der Waals surface area contributed by atoms with Gasteiger partial charge in [-0.25, -0.2) is 0 Å². The maximum atomic E-state index is 11.5. The summed E-state index contributed by atoms with van der Waals surface area (Å²) >= 11 is 0. The molecule has 0 aliphatic heterocycles. The van der Waals surface area contributed by atoms with Gasteiger partial charge in [0.2, 0.25) is 0 Å². The van der Waals surface area contributed by atoms with Crippen molar-refractivity contribution in [3.05, 3.63) is 95.6 Å². The Morgan fingerprint density at radius 1 is 0.897 bits per heavy atom. The molecule has 3 aromatic rings. The van der Waals surface area contributed by atoms with E-state index in [1.165, 1.54) is 5.56 Å². The molecular weight excluding hydrogens is 360 g/mol. The first-order valence-electron chi connectivity index (χ1n) is 10.0. The fourth-order valence-electron chi connectivity index (χ4n) is 3.21. The first-order valence-corrected chi connectivity index (χ1v) is 10.0. The summed E-state index contributed by atoms with van der Waals surface area (Å²) in [5.41, 5.74) is 2.89. The molecular formula is C26H28O3. The first-order chi connectivity index (χ1) is 14.0. The van der Waals surface area contributed by atoms with Gasteiger partial charge in [0.05, 0.1) is 13.2 Å². The number of ketones is 1. The Hall–Kier alpha value is -2.91. The summed E-state index contributed by atoms with van der Waals surface area (Å²) in [6, 6.07) is 25.6. The van der Waals surface area contributed by atoms with Crippen LogP contribution in [0.3, 0.4) is 0 Å². The minimum absolute atomic E-state index is 0.0867. The number of ether oxygens (including phenoxy) is 2. The van der Waals surface area contributed by atoms with Crippen LogP contribution in [0, 0.1) is 0 Å². The Morgan fingerprint density at radius 3 is 2.24 bits per heavy atom. The lowest BCUT2D eigenvalue weighted by atomic mass is 9.80. The summed E-state index contributed by atoms with van der Waals surface area (Å²) in [4.78, 5) is 11.5. The molecule has 0 aromatic heterocycles. The van der Waals surface area contributed by atoms with Crippen molar-refractivity contribution in [2.75, 3.05) is 6.61 Å². The summed E-state index contributed by atoms with van der Waals surface area (Å²) < 4.78 is 12.0. The Bertz CT molecular complexity index is 932. The van der Waals surface area contributed by atoms with Crippen molar-refractivity contribution in [1.29, 1.82) is 0 Å². The van der Waals surface area contributed by atoms with Gasteiger partial charge in [-0.2, -0.15) is 0 Å². The molecule has 0 N–H and O–H groups in total. The number of hydrogen-bond acceptors (Lipinski definition) is 3. The highest BCUT2D eigenvalue weighted by atomic mass is 16.5. The van der Waals surface area contributed by atoms with Crippen LogP contribution in [-0.2, 0) is 16.8 Å². The van der Waals surface area contributed by atoms with Crippen molar-refractivity contribution >= 4 is 5.78 Å². The number of rotatable bonds is 9. The lowest BCUT2D eigenvalue weighted by Gasteiger charge is -2.29. The smallest absolute Gasteiger partial charge is 0.159 e. The van der Waals surface area contributed by atoms with E-state index >= 15 is 0 Å². The molecule has 3 heteroatoms. The van der Waals surface area contributed by atoms with E-state index in [0.29, 0.717) is 13.2 Å². The SMILES string of the molecule is CCC(C)(COCc1cccc(Oc2ccccc2)c1)c1ccc(C(C)=O)cc1. The van der Waals surface area contributed by atoms with Crippen LogP contribution in [0.15, 0.2) is 78.9 Å². The maximum Gasteiger partial charge on any atom is 0.159 e. The van der Waals surface area contributed by atoms with Gasteiger partial charge in [-0.05, 0) is 48.7 Å². The van der Waals surface area contributed by atoms with E-state index in [2.05, 4.69) is 13.8 Å². The van der Waals surface area contributed by atoms with Gasteiger partial charge in [-0.1, -0.05) is 68.4 Å². The monoisotopic (exact) mass is 388 g/mol. The molecule has 0 amide bonds. The number of carbonyl (C=O) groups excluding carboxylic acids is 1. The van der Waals surface area contributed by atoms with Crippen molar-refractivity contribution in [2.45, 2.75) is 39.2 Å². The quantitative estimate of drug-likeness (QED) is 0.389. The fraction of sp³-hybridized carbons (Fsp3) is 0.269. The fourth-order valence-corrected chi connectivity index (χ4v) is 3.21. The van der Waals surface area contributed by atoms with E-state index in [1.807, 2.05) is 78.9 Å². The Labute approximate surface area is 173 Å². The van der Waals surface area contributed by atoms with E-state index in [0.717, 1.165) is 29.0 Å². The lowest BCUT2D eigenvalue weighted by Crippen LogP contribution is -2.27. The molecule has 1 unspecified atom stereocenters. The first kappa shape index (κ1) is 20.8. The third-order valence-corrected chi connectivity index (χ3v) is 5.34. The molecule has 0 radical (unpaired) electrons. The van der Waals surface area contributed by atoms with Crippen LogP contribution in [-0.4, -0.2) is 12.4 Å². The number of carbonyl (C=O) groups is 1. The van der Waals surface area contributed by atoms with E-state index in [1.54, 1.807) is 6.92 Å². The minimum atomic E-state index is -0.104. The Balaban J connectivity index is 1.61. The van der Waals surface area contributed by atoms with Crippen molar-refractivity contribution in [3.8, 4) is 11.5 Å². The van der Waals surface area contributed by atoms with Gasteiger partial charge in [-0.3, -0.25) is 4.79 Å². The average Bonchev–Trinajstić information content (AvgIpc) is 2.74. The summed E-state index contributed by atoms with van der Waals surface area (Å²) in [5.74, 6) is 1.71. The van der Waals surface area contributed by atoms with Gasteiger partial charge in [-0.15, -0.1) is 0 Å². The van der Waals surface area contributed by atoms with E-state index in [4.69, 9.17) is 9.47 Å².